The minimum absolute atomic E-state index is 0.261. The van der Waals surface area contributed by atoms with E-state index in [1.807, 2.05) is 0 Å². The van der Waals surface area contributed by atoms with Crippen molar-refractivity contribution in [2.45, 2.75) is 65.6 Å². The quantitative estimate of drug-likeness (QED) is 0.767. The summed E-state index contributed by atoms with van der Waals surface area (Å²) in [4.78, 5) is 2.50. The Bertz CT molecular complexity index is 519. The Labute approximate surface area is 142 Å². The number of benzene rings is 1. The van der Waals surface area contributed by atoms with Crippen LogP contribution >= 0.6 is 0 Å². The zero-order valence-corrected chi connectivity index (χ0v) is 15.7. The van der Waals surface area contributed by atoms with Gasteiger partial charge in [-0.1, -0.05) is 56.7 Å². The zero-order valence-electron chi connectivity index (χ0n) is 15.7. The van der Waals surface area contributed by atoms with E-state index in [0.29, 0.717) is 12.2 Å². The van der Waals surface area contributed by atoms with Crippen LogP contribution in [0.4, 0.5) is 0 Å². The van der Waals surface area contributed by atoms with Crippen LogP contribution in [0.5, 0.6) is 0 Å². The van der Waals surface area contributed by atoms with Crippen LogP contribution in [0.1, 0.15) is 59.1 Å². The van der Waals surface area contributed by atoms with Gasteiger partial charge in [-0.05, 0) is 43.7 Å². The Morgan fingerprint density at radius 1 is 1.17 bits per heavy atom. The average molecular weight is 316 g/mol. The van der Waals surface area contributed by atoms with Gasteiger partial charge in [-0.3, -0.25) is 4.90 Å². The molecule has 0 unspecified atom stereocenters. The number of ether oxygens (including phenoxy) is 1. The molecule has 0 aromatic heterocycles. The molecular formula is C21H33NO. The number of nitrogens with zero attached hydrogens (tertiary/aromatic N) is 1. The molecule has 0 N–H and O–H groups in total. The third kappa shape index (κ3) is 5.19. The van der Waals surface area contributed by atoms with Gasteiger partial charge in [0.2, 0.25) is 0 Å². The number of hydrogen-bond donors (Lipinski definition) is 0. The molecule has 1 aliphatic heterocycles. The van der Waals surface area contributed by atoms with E-state index in [4.69, 9.17) is 4.74 Å². The minimum Gasteiger partial charge on any atom is -0.373 e. The fraction of sp³-hybridized carbons (Fsp3) is 0.619. The van der Waals surface area contributed by atoms with E-state index in [9.17, 15) is 0 Å². The maximum atomic E-state index is 5.81. The molecule has 0 amide bonds. The third-order valence-electron chi connectivity index (χ3n) is 4.96. The van der Waals surface area contributed by atoms with Crippen molar-refractivity contribution in [1.29, 1.82) is 0 Å². The van der Waals surface area contributed by atoms with Crippen molar-refractivity contribution < 1.29 is 4.74 Å². The first-order chi connectivity index (χ1) is 10.8. The molecule has 0 saturated carbocycles. The molecule has 0 radical (unpaired) electrons. The number of hydrogen-bond acceptors (Lipinski definition) is 2. The fourth-order valence-electron chi connectivity index (χ4n) is 3.33. The summed E-state index contributed by atoms with van der Waals surface area (Å²) in [5, 5.41) is 0. The van der Waals surface area contributed by atoms with E-state index in [0.717, 1.165) is 26.1 Å². The first-order valence-corrected chi connectivity index (χ1v) is 8.95. The van der Waals surface area contributed by atoms with Crippen molar-refractivity contribution >= 4 is 6.08 Å². The van der Waals surface area contributed by atoms with Crippen LogP contribution in [0.15, 0.2) is 29.8 Å². The molecule has 0 bridgehead atoms. The van der Waals surface area contributed by atoms with E-state index < -0.39 is 0 Å². The highest BCUT2D eigenvalue weighted by atomic mass is 16.5. The molecule has 2 rings (SSSR count). The Balaban J connectivity index is 2.00. The van der Waals surface area contributed by atoms with Crippen LogP contribution in [0, 0.1) is 0 Å². The molecule has 1 aromatic carbocycles. The van der Waals surface area contributed by atoms with Crippen molar-refractivity contribution in [3.05, 3.63) is 41.0 Å². The van der Waals surface area contributed by atoms with Crippen molar-refractivity contribution in [3.8, 4) is 0 Å². The molecule has 1 heterocycles. The normalized spacial score (nSPS) is 24.0. The Kier molecular flexibility index (Phi) is 6.05. The van der Waals surface area contributed by atoms with Crippen LogP contribution in [0.3, 0.4) is 0 Å². The lowest BCUT2D eigenvalue weighted by molar-refractivity contribution is -0.0652. The molecule has 23 heavy (non-hydrogen) atoms. The highest BCUT2D eigenvalue weighted by molar-refractivity contribution is 5.53. The van der Waals surface area contributed by atoms with Gasteiger partial charge in [0.15, 0.2) is 0 Å². The van der Waals surface area contributed by atoms with E-state index in [2.05, 4.69) is 76.8 Å². The van der Waals surface area contributed by atoms with E-state index >= 15 is 0 Å². The smallest absolute Gasteiger partial charge is 0.0678 e. The van der Waals surface area contributed by atoms with Gasteiger partial charge >= 0.3 is 0 Å². The molecule has 128 valence electrons. The molecule has 2 nitrogen and oxygen atoms in total. The lowest BCUT2D eigenvalue weighted by atomic mass is 9.82. The summed E-state index contributed by atoms with van der Waals surface area (Å²) in [6.45, 7) is 16.5. The summed E-state index contributed by atoms with van der Waals surface area (Å²) < 4.78 is 5.81. The summed E-state index contributed by atoms with van der Waals surface area (Å²) in [5.74, 6) is 0. The van der Waals surface area contributed by atoms with Crippen molar-refractivity contribution in [1.82, 2.24) is 4.90 Å². The minimum atomic E-state index is 0.261. The van der Waals surface area contributed by atoms with Crippen LogP contribution in [-0.2, 0) is 10.2 Å². The first kappa shape index (κ1) is 18.2. The second-order valence-corrected chi connectivity index (χ2v) is 7.80. The second-order valence-electron chi connectivity index (χ2n) is 7.80. The summed E-state index contributed by atoms with van der Waals surface area (Å²) in [6.07, 6.45) is 4.14. The van der Waals surface area contributed by atoms with Gasteiger partial charge in [0.05, 0.1) is 12.2 Å². The highest BCUT2D eigenvalue weighted by Gasteiger charge is 2.22. The largest absolute Gasteiger partial charge is 0.373 e. The van der Waals surface area contributed by atoms with Gasteiger partial charge < -0.3 is 4.74 Å². The van der Waals surface area contributed by atoms with Gasteiger partial charge in [-0.2, -0.15) is 0 Å². The van der Waals surface area contributed by atoms with Crippen molar-refractivity contribution in [2.24, 2.45) is 0 Å². The summed E-state index contributed by atoms with van der Waals surface area (Å²) >= 11 is 0. The molecule has 2 heteroatoms. The molecule has 0 aliphatic carbocycles. The second kappa shape index (κ2) is 7.63. The Morgan fingerprint density at radius 2 is 1.74 bits per heavy atom. The molecule has 1 aliphatic rings. The van der Waals surface area contributed by atoms with E-state index in [1.165, 1.54) is 16.7 Å². The SMILES string of the molecule is CCC(C)(C)c1ccc(/C=C(\C)CN2C[C@@H](C)O[C@@H](C)C2)cc1. The number of rotatable bonds is 5. The molecular weight excluding hydrogens is 282 g/mol. The lowest BCUT2D eigenvalue weighted by Gasteiger charge is -2.35. The third-order valence-corrected chi connectivity index (χ3v) is 4.96. The van der Waals surface area contributed by atoms with Gasteiger partial charge in [0.25, 0.3) is 0 Å². The van der Waals surface area contributed by atoms with E-state index in [-0.39, 0.29) is 5.41 Å². The molecule has 2 atom stereocenters. The fourth-order valence-corrected chi connectivity index (χ4v) is 3.33. The van der Waals surface area contributed by atoms with Crippen molar-refractivity contribution in [3.63, 3.8) is 0 Å². The summed E-state index contributed by atoms with van der Waals surface area (Å²) in [7, 11) is 0. The van der Waals surface area contributed by atoms with Crippen molar-refractivity contribution in [2.75, 3.05) is 19.6 Å². The van der Waals surface area contributed by atoms with Gasteiger partial charge in [0.1, 0.15) is 0 Å². The van der Waals surface area contributed by atoms with E-state index in [1.54, 1.807) is 0 Å². The average Bonchev–Trinajstić information content (AvgIpc) is 2.46. The maximum absolute atomic E-state index is 5.81. The molecule has 1 fully saturated rings. The van der Waals surface area contributed by atoms with Gasteiger partial charge in [-0.15, -0.1) is 0 Å². The predicted octanol–water partition coefficient (Wildman–Crippen LogP) is 4.89. The topological polar surface area (TPSA) is 12.5 Å². The van der Waals surface area contributed by atoms with Gasteiger partial charge in [-0.25, -0.2) is 0 Å². The highest BCUT2D eigenvalue weighted by Crippen LogP contribution is 2.27. The zero-order chi connectivity index (χ0) is 17.0. The first-order valence-electron chi connectivity index (χ1n) is 8.95. The molecule has 1 saturated heterocycles. The Hall–Kier alpha value is -1.12. The summed E-state index contributed by atoms with van der Waals surface area (Å²) in [6, 6.07) is 9.06. The lowest BCUT2D eigenvalue weighted by Crippen LogP contribution is -2.45. The predicted molar refractivity (Wildman–Crippen MR) is 99.9 cm³/mol. The monoisotopic (exact) mass is 315 g/mol. The molecule has 1 aromatic rings. The number of morpholine rings is 1. The standard InChI is InChI=1S/C21H33NO/c1-7-21(5,6)20-10-8-19(9-11-20)12-16(2)13-22-14-17(3)23-18(4)15-22/h8-12,17-18H,7,13-15H2,1-6H3/b16-12+/t17-,18+. The van der Waals surface area contributed by atoms with Crippen LogP contribution < -0.4 is 0 Å². The van der Waals surface area contributed by atoms with Crippen LogP contribution in [0.2, 0.25) is 0 Å². The summed E-state index contributed by atoms with van der Waals surface area (Å²) in [5.41, 5.74) is 4.39. The van der Waals surface area contributed by atoms with Crippen LogP contribution in [-0.4, -0.2) is 36.7 Å². The molecule has 0 spiro atoms. The maximum Gasteiger partial charge on any atom is 0.0678 e. The van der Waals surface area contributed by atoms with Crippen LogP contribution in [0.25, 0.3) is 6.08 Å². The van der Waals surface area contributed by atoms with Gasteiger partial charge in [0, 0.05) is 19.6 Å². The Morgan fingerprint density at radius 3 is 2.26 bits per heavy atom.